The van der Waals surface area contributed by atoms with E-state index in [2.05, 4.69) is 50.4 Å². The summed E-state index contributed by atoms with van der Waals surface area (Å²) in [7, 11) is 0. The molecule has 0 heterocycles. The van der Waals surface area contributed by atoms with Crippen LogP contribution < -0.4 is 5.32 Å². The van der Waals surface area contributed by atoms with Crippen molar-refractivity contribution in [2.45, 2.75) is 71.8 Å². The average molecular weight is 287 g/mol. The highest BCUT2D eigenvalue weighted by Crippen LogP contribution is 2.35. The Kier molecular flexibility index (Phi) is 6.76. The summed E-state index contributed by atoms with van der Waals surface area (Å²) in [5.41, 5.74) is 2.89. The highest BCUT2D eigenvalue weighted by Gasteiger charge is 2.29. The lowest BCUT2D eigenvalue weighted by Gasteiger charge is -2.37. The molecule has 0 amide bonds. The van der Waals surface area contributed by atoms with E-state index < -0.39 is 0 Å². The minimum atomic E-state index is 0.709. The van der Waals surface area contributed by atoms with Crippen molar-refractivity contribution in [1.82, 2.24) is 5.32 Å². The van der Waals surface area contributed by atoms with Crippen LogP contribution >= 0.6 is 0 Å². The second-order valence-electron chi connectivity index (χ2n) is 6.81. The van der Waals surface area contributed by atoms with Crippen molar-refractivity contribution >= 4 is 0 Å². The van der Waals surface area contributed by atoms with Crippen LogP contribution in [0.2, 0.25) is 0 Å². The van der Waals surface area contributed by atoms with Crippen LogP contribution in [0.3, 0.4) is 0 Å². The molecule has 21 heavy (non-hydrogen) atoms. The molecule has 3 unspecified atom stereocenters. The highest BCUT2D eigenvalue weighted by atomic mass is 14.9. The Hall–Kier alpha value is -0.820. The van der Waals surface area contributed by atoms with Gasteiger partial charge in [-0.1, -0.05) is 69.4 Å². The van der Waals surface area contributed by atoms with Gasteiger partial charge in [-0.3, -0.25) is 0 Å². The molecule has 1 aromatic carbocycles. The summed E-state index contributed by atoms with van der Waals surface area (Å²) in [6.07, 6.45) is 9.64. The van der Waals surface area contributed by atoms with Gasteiger partial charge < -0.3 is 5.32 Å². The largest absolute Gasteiger partial charge is 0.314 e. The smallest absolute Gasteiger partial charge is 0.0101 e. The molecule has 1 aliphatic rings. The van der Waals surface area contributed by atoms with E-state index in [1.807, 2.05) is 0 Å². The first-order chi connectivity index (χ1) is 10.2. The molecule has 2 rings (SSSR count). The fourth-order valence-electron chi connectivity index (χ4n) is 4.19. The molecule has 1 saturated carbocycles. The Morgan fingerprint density at radius 3 is 2.71 bits per heavy atom. The van der Waals surface area contributed by atoms with Gasteiger partial charge in [0.2, 0.25) is 0 Å². The normalized spacial score (nSPS) is 24.0. The first-order valence-corrected chi connectivity index (χ1v) is 9.03. The third kappa shape index (κ3) is 4.85. The number of rotatable bonds is 7. The molecular weight excluding hydrogens is 254 g/mol. The van der Waals surface area contributed by atoms with Gasteiger partial charge in [-0.15, -0.1) is 0 Å². The van der Waals surface area contributed by atoms with Gasteiger partial charge in [0.05, 0.1) is 0 Å². The molecule has 1 N–H and O–H groups in total. The zero-order valence-electron chi connectivity index (χ0n) is 14.2. The van der Waals surface area contributed by atoms with Crippen molar-refractivity contribution in [3.63, 3.8) is 0 Å². The summed E-state index contributed by atoms with van der Waals surface area (Å²) in [6.45, 7) is 7.93. The van der Waals surface area contributed by atoms with E-state index in [1.165, 1.54) is 56.1 Å². The molecule has 0 aliphatic heterocycles. The number of hydrogen-bond donors (Lipinski definition) is 1. The molecule has 1 heteroatoms. The summed E-state index contributed by atoms with van der Waals surface area (Å²) < 4.78 is 0. The summed E-state index contributed by atoms with van der Waals surface area (Å²) in [5.74, 6) is 1.84. The van der Waals surface area contributed by atoms with Gasteiger partial charge in [0.25, 0.3) is 0 Å². The van der Waals surface area contributed by atoms with Crippen LogP contribution in [0.1, 0.15) is 63.5 Å². The van der Waals surface area contributed by atoms with Gasteiger partial charge in [0, 0.05) is 6.04 Å². The standard InChI is InChI=1S/C20H33N/c1-4-18-11-6-7-12-19(18)20(21-5-2)14-13-17-10-8-9-16(3)15-17/h8-10,15,18-21H,4-7,11-14H2,1-3H3. The lowest BCUT2D eigenvalue weighted by Crippen LogP contribution is -2.41. The third-order valence-electron chi connectivity index (χ3n) is 5.30. The van der Waals surface area contributed by atoms with Crippen molar-refractivity contribution in [1.29, 1.82) is 0 Å². The molecule has 0 spiro atoms. The van der Waals surface area contributed by atoms with Gasteiger partial charge >= 0.3 is 0 Å². The summed E-state index contributed by atoms with van der Waals surface area (Å²) >= 11 is 0. The lowest BCUT2D eigenvalue weighted by atomic mass is 9.73. The van der Waals surface area contributed by atoms with E-state index >= 15 is 0 Å². The minimum absolute atomic E-state index is 0.709. The van der Waals surface area contributed by atoms with Crippen LogP contribution in [0.4, 0.5) is 0 Å². The zero-order valence-corrected chi connectivity index (χ0v) is 14.2. The summed E-state index contributed by atoms with van der Waals surface area (Å²) in [6, 6.07) is 9.73. The van der Waals surface area contributed by atoms with Crippen molar-refractivity contribution in [2.75, 3.05) is 6.54 Å². The molecule has 0 saturated heterocycles. The minimum Gasteiger partial charge on any atom is -0.314 e. The summed E-state index contributed by atoms with van der Waals surface area (Å²) in [5, 5.41) is 3.80. The number of nitrogens with one attached hydrogen (secondary N) is 1. The average Bonchev–Trinajstić information content (AvgIpc) is 2.51. The first-order valence-electron chi connectivity index (χ1n) is 9.03. The quantitative estimate of drug-likeness (QED) is 0.733. The van der Waals surface area contributed by atoms with E-state index in [0.717, 1.165) is 18.4 Å². The highest BCUT2D eigenvalue weighted by molar-refractivity contribution is 5.22. The van der Waals surface area contributed by atoms with Crippen LogP contribution in [0.5, 0.6) is 0 Å². The fourth-order valence-corrected chi connectivity index (χ4v) is 4.19. The number of benzene rings is 1. The lowest BCUT2D eigenvalue weighted by molar-refractivity contribution is 0.170. The third-order valence-corrected chi connectivity index (χ3v) is 5.30. The van der Waals surface area contributed by atoms with Crippen LogP contribution in [-0.2, 0) is 6.42 Å². The number of hydrogen-bond acceptors (Lipinski definition) is 1. The van der Waals surface area contributed by atoms with Crippen LogP contribution in [0, 0.1) is 18.8 Å². The molecule has 0 bridgehead atoms. The van der Waals surface area contributed by atoms with Crippen molar-refractivity contribution in [3.8, 4) is 0 Å². The molecule has 0 radical (unpaired) electrons. The van der Waals surface area contributed by atoms with E-state index in [1.54, 1.807) is 0 Å². The van der Waals surface area contributed by atoms with Crippen molar-refractivity contribution < 1.29 is 0 Å². The Bertz CT molecular complexity index is 412. The molecule has 1 fully saturated rings. The zero-order chi connectivity index (χ0) is 15.1. The Labute approximate surface area is 131 Å². The topological polar surface area (TPSA) is 12.0 Å². The Morgan fingerprint density at radius 1 is 1.19 bits per heavy atom. The van der Waals surface area contributed by atoms with Gasteiger partial charge in [0.15, 0.2) is 0 Å². The number of aryl methyl sites for hydroxylation is 2. The monoisotopic (exact) mass is 287 g/mol. The van der Waals surface area contributed by atoms with E-state index in [9.17, 15) is 0 Å². The second-order valence-corrected chi connectivity index (χ2v) is 6.81. The second kappa shape index (κ2) is 8.58. The van der Waals surface area contributed by atoms with Crippen LogP contribution in [-0.4, -0.2) is 12.6 Å². The van der Waals surface area contributed by atoms with Crippen LogP contribution in [0.15, 0.2) is 24.3 Å². The van der Waals surface area contributed by atoms with Crippen molar-refractivity contribution in [2.24, 2.45) is 11.8 Å². The van der Waals surface area contributed by atoms with Gasteiger partial charge in [-0.2, -0.15) is 0 Å². The van der Waals surface area contributed by atoms with Crippen LogP contribution in [0.25, 0.3) is 0 Å². The first kappa shape index (κ1) is 16.5. The molecule has 1 aliphatic carbocycles. The maximum atomic E-state index is 3.80. The van der Waals surface area contributed by atoms with Crippen molar-refractivity contribution in [3.05, 3.63) is 35.4 Å². The van der Waals surface area contributed by atoms with Gasteiger partial charge in [0.1, 0.15) is 0 Å². The molecule has 1 nitrogen and oxygen atoms in total. The Balaban J connectivity index is 1.97. The Morgan fingerprint density at radius 2 is 2.00 bits per heavy atom. The summed E-state index contributed by atoms with van der Waals surface area (Å²) in [4.78, 5) is 0. The fraction of sp³-hybridized carbons (Fsp3) is 0.700. The molecule has 1 aromatic rings. The SMILES string of the molecule is CCNC(CCc1cccc(C)c1)C1CCCCC1CC. The molecule has 118 valence electrons. The van der Waals surface area contributed by atoms with E-state index in [4.69, 9.17) is 0 Å². The predicted molar refractivity (Wildman–Crippen MR) is 92.7 cm³/mol. The van der Waals surface area contributed by atoms with E-state index in [0.29, 0.717) is 6.04 Å². The molecule has 0 aromatic heterocycles. The molecular formula is C20H33N. The predicted octanol–water partition coefficient (Wildman–Crippen LogP) is 5.12. The van der Waals surface area contributed by atoms with Gasteiger partial charge in [-0.05, 0) is 50.1 Å². The van der Waals surface area contributed by atoms with E-state index in [-0.39, 0.29) is 0 Å². The maximum absolute atomic E-state index is 3.80. The van der Waals surface area contributed by atoms with Gasteiger partial charge in [-0.25, -0.2) is 0 Å². The molecule has 3 atom stereocenters. The maximum Gasteiger partial charge on any atom is 0.0101 e.